The van der Waals surface area contributed by atoms with Crippen LogP contribution in [0.5, 0.6) is 11.5 Å². The lowest BCUT2D eigenvalue weighted by atomic mass is 10.0. The van der Waals surface area contributed by atoms with E-state index in [2.05, 4.69) is 15.3 Å². The Morgan fingerprint density at radius 3 is 2.48 bits per heavy atom. The molecule has 0 radical (unpaired) electrons. The van der Waals surface area contributed by atoms with Gasteiger partial charge in [0.05, 0.1) is 25.3 Å². The monoisotopic (exact) mass is 399 g/mol. The summed E-state index contributed by atoms with van der Waals surface area (Å²) >= 11 is 0. The third-order valence-corrected chi connectivity index (χ3v) is 4.99. The van der Waals surface area contributed by atoms with E-state index >= 15 is 0 Å². The maximum absolute atomic E-state index is 13.0. The van der Waals surface area contributed by atoms with Crippen LogP contribution in [0.2, 0.25) is 0 Å². The Morgan fingerprint density at radius 2 is 1.90 bits per heavy atom. The Kier molecular flexibility index (Phi) is 6.16. The van der Waals surface area contributed by atoms with Gasteiger partial charge in [-0.25, -0.2) is 4.98 Å². The van der Waals surface area contributed by atoms with Crippen molar-refractivity contribution in [2.45, 2.75) is 25.8 Å². The Balaban J connectivity index is 1.75. The van der Waals surface area contributed by atoms with Gasteiger partial charge in [-0.3, -0.25) is 9.59 Å². The number of benzene rings is 1. The number of ketones is 1. The zero-order chi connectivity index (χ0) is 21.0. The van der Waals surface area contributed by atoms with Crippen LogP contribution >= 0.6 is 0 Å². The molecule has 3 N–H and O–H groups in total. The van der Waals surface area contributed by atoms with Crippen molar-refractivity contribution < 1.29 is 19.1 Å². The Bertz CT molecular complexity index is 910. The predicted octanol–water partition coefficient (Wildman–Crippen LogP) is 1.73. The SMILES string of the molecule is COc1ccc(OC)c(C(=O)c2cnc(NC3CCN(C(C)=O)CC3)nc2N)c1. The Morgan fingerprint density at radius 1 is 1.17 bits per heavy atom. The molecule has 0 atom stereocenters. The number of rotatable bonds is 6. The number of likely N-dealkylation sites (tertiary alicyclic amines) is 1. The Labute approximate surface area is 169 Å². The average Bonchev–Trinajstić information content (AvgIpc) is 2.73. The zero-order valence-corrected chi connectivity index (χ0v) is 16.8. The number of hydrogen-bond donors (Lipinski definition) is 2. The van der Waals surface area contributed by atoms with Crippen LogP contribution in [0.15, 0.2) is 24.4 Å². The number of nitrogens with zero attached hydrogens (tertiary/aromatic N) is 3. The number of methoxy groups -OCH3 is 2. The molecule has 1 aliphatic rings. The first-order valence-electron chi connectivity index (χ1n) is 9.34. The fourth-order valence-electron chi connectivity index (χ4n) is 3.30. The van der Waals surface area contributed by atoms with Gasteiger partial charge < -0.3 is 25.4 Å². The lowest BCUT2D eigenvalue weighted by Crippen LogP contribution is -2.41. The van der Waals surface area contributed by atoms with Gasteiger partial charge in [-0.2, -0.15) is 4.98 Å². The number of piperidine rings is 1. The molecule has 3 rings (SSSR count). The summed E-state index contributed by atoms with van der Waals surface area (Å²) in [4.78, 5) is 34.7. The van der Waals surface area contributed by atoms with Crippen molar-refractivity contribution in [3.05, 3.63) is 35.5 Å². The molecule has 0 spiro atoms. The first-order chi connectivity index (χ1) is 13.9. The van der Waals surface area contributed by atoms with Crippen LogP contribution in [0.25, 0.3) is 0 Å². The summed E-state index contributed by atoms with van der Waals surface area (Å²) in [6.45, 7) is 2.95. The van der Waals surface area contributed by atoms with Crippen molar-refractivity contribution >= 4 is 23.5 Å². The van der Waals surface area contributed by atoms with Crippen molar-refractivity contribution in [1.29, 1.82) is 0 Å². The van der Waals surface area contributed by atoms with Crippen molar-refractivity contribution in [1.82, 2.24) is 14.9 Å². The second kappa shape index (κ2) is 8.76. The van der Waals surface area contributed by atoms with Crippen LogP contribution in [0.3, 0.4) is 0 Å². The molecule has 1 aromatic carbocycles. The number of carbonyl (C=O) groups is 2. The third-order valence-electron chi connectivity index (χ3n) is 4.99. The van der Waals surface area contributed by atoms with Crippen LogP contribution in [-0.2, 0) is 4.79 Å². The van der Waals surface area contributed by atoms with E-state index in [0.717, 1.165) is 12.8 Å². The van der Waals surface area contributed by atoms with E-state index in [4.69, 9.17) is 15.2 Å². The zero-order valence-electron chi connectivity index (χ0n) is 16.8. The van der Waals surface area contributed by atoms with E-state index in [0.29, 0.717) is 36.1 Å². The summed E-state index contributed by atoms with van der Waals surface area (Å²) in [7, 11) is 3.01. The summed E-state index contributed by atoms with van der Waals surface area (Å²) in [6.07, 6.45) is 3.01. The molecule has 2 heterocycles. The molecule has 1 aromatic heterocycles. The number of nitrogens with two attached hydrogens (primary N) is 1. The van der Waals surface area contributed by atoms with E-state index in [9.17, 15) is 9.59 Å². The largest absolute Gasteiger partial charge is 0.497 e. The minimum atomic E-state index is -0.348. The van der Waals surface area contributed by atoms with Gasteiger partial charge in [0.15, 0.2) is 0 Å². The molecule has 1 fully saturated rings. The number of anilines is 2. The van der Waals surface area contributed by atoms with Gasteiger partial charge in [-0.1, -0.05) is 0 Å². The summed E-state index contributed by atoms with van der Waals surface area (Å²) in [5.74, 6) is 1.12. The quantitative estimate of drug-likeness (QED) is 0.705. The molecule has 1 amide bonds. The van der Waals surface area contributed by atoms with E-state index in [1.807, 2.05) is 4.90 Å². The van der Waals surface area contributed by atoms with Crippen molar-refractivity contribution in [2.75, 3.05) is 38.4 Å². The predicted molar refractivity (Wildman–Crippen MR) is 108 cm³/mol. The topological polar surface area (TPSA) is 120 Å². The van der Waals surface area contributed by atoms with Gasteiger partial charge in [-0.15, -0.1) is 0 Å². The number of hydrogen-bond acceptors (Lipinski definition) is 8. The van der Waals surface area contributed by atoms with E-state index in [1.54, 1.807) is 25.1 Å². The van der Waals surface area contributed by atoms with Gasteiger partial charge >= 0.3 is 0 Å². The maximum Gasteiger partial charge on any atom is 0.224 e. The number of carbonyl (C=O) groups excluding carboxylic acids is 2. The van der Waals surface area contributed by atoms with E-state index < -0.39 is 0 Å². The molecule has 1 aliphatic heterocycles. The number of aromatic nitrogens is 2. The summed E-state index contributed by atoms with van der Waals surface area (Å²) < 4.78 is 10.5. The maximum atomic E-state index is 13.0. The molecular weight excluding hydrogens is 374 g/mol. The van der Waals surface area contributed by atoms with Crippen LogP contribution in [-0.4, -0.2) is 59.9 Å². The van der Waals surface area contributed by atoms with Crippen LogP contribution in [0.1, 0.15) is 35.7 Å². The summed E-state index contributed by atoms with van der Waals surface area (Å²) in [5, 5.41) is 3.23. The van der Waals surface area contributed by atoms with Gasteiger partial charge in [0.25, 0.3) is 0 Å². The molecular formula is C20H25N5O4. The second-order valence-electron chi connectivity index (χ2n) is 6.81. The van der Waals surface area contributed by atoms with Gasteiger partial charge in [-0.05, 0) is 31.0 Å². The van der Waals surface area contributed by atoms with Gasteiger partial charge in [0.1, 0.15) is 17.3 Å². The van der Waals surface area contributed by atoms with Gasteiger partial charge in [0, 0.05) is 32.3 Å². The van der Waals surface area contributed by atoms with E-state index in [-0.39, 0.29) is 29.1 Å². The number of ether oxygens (including phenoxy) is 2. The highest BCUT2D eigenvalue weighted by atomic mass is 16.5. The minimum Gasteiger partial charge on any atom is -0.497 e. The van der Waals surface area contributed by atoms with Crippen molar-refractivity contribution in [3.63, 3.8) is 0 Å². The molecule has 0 unspecified atom stereocenters. The first kappa shape index (κ1) is 20.4. The highest BCUT2D eigenvalue weighted by molar-refractivity contribution is 6.13. The standard InChI is InChI=1S/C20H25N5O4/c1-12(26)25-8-6-13(7-9-25)23-20-22-11-16(19(21)24-20)18(27)15-10-14(28-2)4-5-17(15)29-3/h4-5,10-11,13H,6-9H2,1-3H3,(H3,21,22,23,24). The molecule has 154 valence electrons. The van der Waals surface area contributed by atoms with E-state index in [1.165, 1.54) is 20.4 Å². The van der Waals surface area contributed by atoms with Crippen LogP contribution < -0.4 is 20.5 Å². The molecule has 29 heavy (non-hydrogen) atoms. The van der Waals surface area contributed by atoms with Gasteiger partial charge in [0.2, 0.25) is 17.6 Å². The molecule has 0 bridgehead atoms. The number of nitrogen functional groups attached to an aromatic ring is 1. The molecule has 0 saturated carbocycles. The summed E-state index contributed by atoms with van der Waals surface area (Å²) in [5.41, 5.74) is 6.56. The van der Waals surface area contributed by atoms with Crippen molar-refractivity contribution in [2.24, 2.45) is 0 Å². The van der Waals surface area contributed by atoms with Crippen LogP contribution in [0.4, 0.5) is 11.8 Å². The fourth-order valence-corrected chi connectivity index (χ4v) is 3.30. The minimum absolute atomic E-state index is 0.0820. The normalized spacial score (nSPS) is 14.4. The summed E-state index contributed by atoms with van der Waals surface area (Å²) in [6, 6.07) is 5.10. The second-order valence-corrected chi connectivity index (χ2v) is 6.81. The van der Waals surface area contributed by atoms with Crippen molar-refractivity contribution in [3.8, 4) is 11.5 Å². The molecule has 1 saturated heterocycles. The third kappa shape index (κ3) is 4.56. The molecule has 0 aliphatic carbocycles. The van der Waals surface area contributed by atoms with Crippen LogP contribution in [0, 0.1) is 0 Å². The fraction of sp³-hybridized carbons (Fsp3) is 0.400. The molecule has 9 heteroatoms. The lowest BCUT2D eigenvalue weighted by molar-refractivity contribution is -0.129. The highest BCUT2D eigenvalue weighted by Gasteiger charge is 2.23. The smallest absolute Gasteiger partial charge is 0.224 e. The molecule has 9 nitrogen and oxygen atoms in total. The first-order valence-corrected chi connectivity index (χ1v) is 9.34. The lowest BCUT2D eigenvalue weighted by Gasteiger charge is -2.31. The Hall–Kier alpha value is -3.36. The number of nitrogens with one attached hydrogen (secondary N) is 1. The highest BCUT2D eigenvalue weighted by Crippen LogP contribution is 2.28. The number of amides is 1. The average molecular weight is 399 g/mol. The molecule has 2 aromatic rings.